The predicted octanol–water partition coefficient (Wildman–Crippen LogP) is 3.44. The molecule has 0 radical (unpaired) electrons. The minimum atomic E-state index is -2.96. The fourth-order valence-electron chi connectivity index (χ4n) is 2.16. The zero-order chi connectivity index (χ0) is 19.8. The number of alkyl halides is 2. The van der Waals surface area contributed by atoms with Crippen LogP contribution in [-0.4, -0.2) is 25.0 Å². The van der Waals surface area contributed by atoms with Gasteiger partial charge in [-0.2, -0.15) is 8.78 Å². The maximum absolute atomic E-state index is 12.4. The Labute approximate surface area is 154 Å². The molecule has 2 amide bonds. The summed E-state index contributed by atoms with van der Waals surface area (Å²) in [5.74, 6) is -0.893. The number of rotatable bonds is 8. The van der Waals surface area contributed by atoms with E-state index >= 15 is 0 Å². The summed E-state index contributed by atoms with van der Waals surface area (Å²) < 4.78 is 34.5. The van der Waals surface area contributed by atoms with E-state index in [-0.39, 0.29) is 18.1 Å². The Kier molecular flexibility index (Phi) is 6.87. The van der Waals surface area contributed by atoms with Crippen LogP contribution in [0.15, 0.2) is 48.5 Å². The Balaban J connectivity index is 2.06. The zero-order valence-corrected chi connectivity index (χ0v) is 14.4. The number of anilines is 1. The van der Waals surface area contributed by atoms with Crippen molar-refractivity contribution in [3.05, 3.63) is 59.7 Å². The van der Waals surface area contributed by atoms with Gasteiger partial charge < -0.3 is 20.5 Å². The quantitative estimate of drug-likeness (QED) is 0.691. The first kappa shape index (κ1) is 19.9. The van der Waals surface area contributed by atoms with Gasteiger partial charge in [-0.05, 0) is 55.0 Å². The Hall–Kier alpha value is -3.42. The van der Waals surface area contributed by atoms with E-state index in [9.17, 15) is 18.4 Å². The minimum Gasteiger partial charge on any atom is -0.490 e. The monoisotopic (exact) mass is 376 g/mol. The number of hydrogen-bond acceptors (Lipinski definition) is 4. The summed E-state index contributed by atoms with van der Waals surface area (Å²) in [6.45, 7) is -0.975. The van der Waals surface area contributed by atoms with Crippen LogP contribution >= 0.6 is 0 Å². The molecule has 3 N–H and O–H groups in total. The van der Waals surface area contributed by atoms with Crippen molar-refractivity contribution in [2.75, 3.05) is 11.9 Å². The number of nitrogens with two attached hydrogens (primary N) is 1. The highest BCUT2D eigenvalue weighted by molar-refractivity contribution is 6.02. The standard InChI is InChI=1S/C19H18F2N2O4/c1-2-26-16-11-12(3-9-15(16)27-19(20)21)4-10-17(24)23-14-7-5-13(6-8-14)18(22)25/h3-11,19H,2H2,1H3,(H2,22,25)(H,23,24)/b10-4+. The molecule has 27 heavy (non-hydrogen) atoms. The van der Waals surface area contributed by atoms with Gasteiger partial charge in [-0.25, -0.2) is 0 Å². The Morgan fingerprint density at radius 3 is 2.44 bits per heavy atom. The number of carbonyl (C=O) groups excluding carboxylic acids is 2. The smallest absolute Gasteiger partial charge is 0.387 e. The third-order valence-corrected chi connectivity index (χ3v) is 3.35. The van der Waals surface area contributed by atoms with E-state index in [0.29, 0.717) is 16.8 Å². The molecule has 2 aromatic rings. The van der Waals surface area contributed by atoms with Crippen LogP contribution < -0.4 is 20.5 Å². The van der Waals surface area contributed by atoms with Crippen molar-refractivity contribution in [1.82, 2.24) is 0 Å². The van der Waals surface area contributed by atoms with Gasteiger partial charge in [-0.15, -0.1) is 0 Å². The summed E-state index contributed by atoms with van der Waals surface area (Å²) in [4.78, 5) is 23.0. The lowest BCUT2D eigenvalue weighted by Crippen LogP contribution is -2.11. The van der Waals surface area contributed by atoms with Crippen LogP contribution in [0.3, 0.4) is 0 Å². The second-order valence-electron chi connectivity index (χ2n) is 5.28. The first-order valence-electron chi connectivity index (χ1n) is 7.99. The second kappa shape index (κ2) is 9.33. The van der Waals surface area contributed by atoms with Crippen LogP contribution in [0.2, 0.25) is 0 Å². The van der Waals surface area contributed by atoms with Crippen LogP contribution in [0.5, 0.6) is 11.5 Å². The molecular weight excluding hydrogens is 358 g/mol. The molecular formula is C19H18F2N2O4. The van der Waals surface area contributed by atoms with Gasteiger partial charge in [0.2, 0.25) is 11.8 Å². The van der Waals surface area contributed by atoms with Gasteiger partial charge in [-0.3, -0.25) is 9.59 Å². The molecule has 0 aliphatic carbocycles. The number of carbonyl (C=O) groups is 2. The molecule has 6 nitrogen and oxygen atoms in total. The fraction of sp³-hybridized carbons (Fsp3) is 0.158. The Morgan fingerprint density at radius 1 is 1.15 bits per heavy atom. The van der Waals surface area contributed by atoms with Crippen molar-refractivity contribution in [2.24, 2.45) is 5.73 Å². The van der Waals surface area contributed by atoms with Crippen LogP contribution in [0, 0.1) is 0 Å². The van der Waals surface area contributed by atoms with E-state index in [1.807, 2.05) is 0 Å². The lowest BCUT2D eigenvalue weighted by Gasteiger charge is -2.11. The van der Waals surface area contributed by atoms with Crippen LogP contribution in [0.4, 0.5) is 14.5 Å². The highest BCUT2D eigenvalue weighted by Gasteiger charge is 2.11. The largest absolute Gasteiger partial charge is 0.490 e. The maximum atomic E-state index is 12.4. The number of primary amides is 1. The number of nitrogens with one attached hydrogen (secondary N) is 1. The Bertz CT molecular complexity index is 836. The molecule has 0 aliphatic rings. The molecule has 0 aromatic heterocycles. The minimum absolute atomic E-state index is 0.0806. The molecule has 0 aliphatic heterocycles. The summed E-state index contributed by atoms with van der Waals surface area (Å²) in [6.07, 6.45) is 2.78. The molecule has 0 unspecified atom stereocenters. The van der Waals surface area contributed by atoms with Gasteiger partial charge in [0.1, 0.15) is 0 Å². The van der Waals surface area contributed by atoms with Crippen LogP contribution in [-0.2, 0) is 4.79 Å². The zero-order valence-electron chi connectivity index (χ0n) is 14.4. The van der Waals surface area contributed by atoms with Gasteiger partial charge >= 0.3 is 6.61 Å². The number of halogens is 2. The van der Waals surface area contributed by atoms with E-state index < -0.39 is 18.4 Å². The van der Waals surface area contributed by atoms with Crippen LogP contribution in [0.25, 0.3) is 6.08 Å². The average molecular weight is 376 g/mol. The first-order valence-corrected chi connectivity index (χ1v) is 7.99. The van der Waals surface area contributed by atoms with Crippen molar-refractivity contribution in [3.63, 3.8) is 0 Å². The van der Waals surface area contributed by atoms with Crippen LogP contribution in [0.1, 0.15) is 22.8 Å². The third-order valence-electron chi connectivity index (χ3n) is 3.35. The molecule has 8 heteroatoms. The number of hydrogen-bond donors (Lipinski definition) is 2. The highest BCUT2D eigenvalue weighted by Crippen LogP contribution is 2.30. The molecule has 0 bridgehead atoms. The number of ether oxygens (including phenoxy) is 2. The molecule has 0 spiro atoms. The lowest BCUT2D eigenvalue weighted by atomic mass is 10.1. The molecule has 0 atom stereocenters. The number of amides is 2. The highest BCUT2D eigenvalue weighted by atomic mass is 19.3. The van der Waals surface area contributed by atoms with E-state index in [2.05, 4.69) is 10.1 Å². The predicted molar refractivity (Wildman–Crippen MR) is 96.9 cm³/mol. The van der Waals surface area contributed by atoms with Gasteiger partial charge in [0.15, 0.2) is 11.5 Å². The van der Waals surface area contributed by atoms with Crippen molar-refractivity contribution < 1.29 is 27.8 Å². The van der Waals surface area contributed by atoms with E-state index in [1.165, 1.54) is 42.5 Å². The summed E-state index contributed by atoms with van der Waals surface area (Å²) in [6, 6.07) is 10.5. The molecule has 0 heterocycles. The van der Waals surface area contributed by atoms with E-state index in [0.717, 1.165) is 0 Å². The summed E-state index contributed by atoms with van der Waals surface area (Å²) in [5, 5.41) is 2.62. The molecule has 0 saturated heterocycles. The van der Waals surface area contributed by atoms with Gasteiger partial charge in [0.25, 0.3) is 0 Å². The van der Waals surface area contributed by atoms with Gasteiger partial charge in [0.05, 0.1) is 6.61 Å². The van der Waals surface area contributed by atoms with Crippen molar-refractivity contribution in [2.45, 2.75) is 13.5 Å². The normalized spacial score (nSPS) is 10.8. The first-order chi connectivity index (χ1) is 12.9. The average Bonchev–Trinajstić information content (AvgIpc) is 2.62. The summed E-state index contributed by atoms with van der Waals surface area (Å²) in [5.41, 5.74) is 6.54. The Morgan fingerprint density at radius 2 is 1.85 bits per heavy atom. The lowest BCUT2D eigenvalue weighted by molar-refractivity contribution is -0.111. The molecule has 0 fully saturated rings. The summed E-state index contributed by atoms with van der Waals surface area (Å²) >= 11 is 0. The molecule has 142 valence electrons. The second-order valence-corrected chi connectivity index (χ2v) is 5.28. The van der Waals surface area contributed by atoms with E-state index in [4.69, 9.17) is 10.5 Å². The number of benzene rings is 2. The third kappa shape index (κ3) is 6.10. The van der Waals surface area contributed by atoms with Gasteiger partial charge in [0, 0.05) is 17.3 Å². The van der Waals surface area contributed by atoms with Crippen molar-refractivity contribution in [3.8, 4) is 11.5 Å². The molecule has 2 rings (SSSR count). The maximum Gasteiger partial charge on any atom is 0.387 e. The SMILES string of the molecule is CCOc1cc(/C=C/C(=O)Nc2ccc(C(N)=O)cc2)ccc1OC(F)F. The van der Waals surface area contributed by atoms with Gasteiger partial charge in [-0.1, -0.05) is 6.07 Å². The molecule has 2 aromatic carbocycles. The summed E-state index contributed by atoms with van der Waals surface area (Å²) in [7, 11) is 0. The van der Waals surface area contributed by atoms with E-state index in [1.54, 1.807) is 19.1 Å². The fourth-order valence-corrected chi connectivity index (χ4v) is 2.16. The van der Waals surface area contributed by atoms with Crippen molar-refractivity contribution in [1.29, 1.82) is 0 Å². The topological polar surface area (TPSA) is 90.6 Å². The molecule has 0 saturated carbocycles. The van der Waals surface area contributed by atoms with Crippen molar-refractivity contribution >= 4 is 23.6 Å².